The first-order chi connectivity index (χ1) is 11.1. The number of ether oxygens (including phenoxy) is 2. The van der Waals surface area contributed by atoms with E-state index in [1.807, 2.05) is 0 Å². The number of hydrogen-bond donors (Lipinski definition) is 0. The van der Waals surface area contributed by atoms with Crippen molar-refractivity contribution >= 4 is 30.8 Å². The van der Waals surface area contributed by atoms with Gasteiger partial charge in [0.2, 0.25) is 10.8 Å². The van der Waals surface area contributed by atoms with Gasteiger partial charge in [0.1, 0.15) is 11.5 Å². The number of halogens is 4. The third-order valence-corrected chi connectivity index (χ3v) is 2.89. The molecule has 6 nitrogen and oxygen atoms in total. The van der Waals surface area contributed by atoms with Crippen LogP contribution in [0, 0.1) is 10.8 Å². The Balaban J connectivity index is 0. The van der Waals surface area contributed by atoms with Gasteiger partial charge in [-0.2, -0.15) is 0 Å². The van der Waals surface area contributed by atoms with Crippen molar-refractivity contribution in [3.8, 4) is 22.6 Å². The van der Waals surface area contributed by atoms with E-state index in [0.717, 1.165) is 11.1 Å². The van der Waals surface area contributed by atoms with Gasteiger partial charge < -0.3 is 34.3 Å². The zero-order valence-corrected chi connectivity index (χ0v) is 19.3. The van der Waals surface area contributed by atoms with E-state index >= 15 is 0 Å². The summed E-state index contributed by atoms with van der Waals surface area (Å²) < 4.78 is 10.6. The first kappa shape index (κ1) is 25.9. The SMILES string of the molecule is COc1cc([N+]#N)ccc1-c1ccc([N+]#N)cc1OC.[Cl-].[Cl-].[Cl][Zn][Cl]. The molecule has 11 heteroatoms. The normalized spacial score (nSPS) is 7.92. The fraction of sp³-hybridized carbons (Fsp3) is 0.143. The fourth-order valence-corrected chi connectivity index (χ4v) is 1.93. The van der Waals surface area contributed by atoms with Crippen LogP contribution in [0.4, 0.5) is 11.4 Å². The summed E-state index contributed by atoms with van der Waals surface area (Å²) in [5, 5.41) is 17.6. The van der Waals surface area contributed by atoms with Crippen molar-refractivity contribution in [3.05, 3.63) is 46.4 Å². The molecule has 0 unspecified atom stereocenters. The van der Waals surface area contributed by atoms with Gasteiger partial charge in [0.15, 0.2) is 9.95 Å². The number of nitrogens with zero attached hydrogens (tertiary/aromatic N) is 4. The van der Waals surface area contributed by atoms with Crippen LogP contribution in [0.2, 0.25) is 0 Å². The predicted octanol–water partition coefficient (Wildman–Crippen LogP) is -0.276. The van der Waals surface area contributed by atoms with Crippen LogP contribution in [-0.4, -0.2) is 14.2 Å². The Morgan fingerprint density at radius 2 is 1.12 bits per heavy atom. The zero-order valence-electron chi connectivity index (χ0n) is 13.3. The molecule has 0 bridgehead atoms. The van der Waals surface area contributed by atoms with Crippen molar-refractivity contribution in [1.29, 1.82) is 10.8 Å². The van der Waals surface area contributed by atoms with E-state index in [1.54, 1.807) is 36.4 Å². The molecule has 0 N–H and O–H groups in total. The maximum absolute atomic E-state index is 8.79. The van der Waals surface area contributed by atoms with E-state index in [0.29, 0.717) is 22.9 Å². The first-order valence-corrected chi connectivity index (χ1v) is 14.1. The van der Waals surface area contributed by atoms with Crippen molar-refractivity contribution in [2.45, 2.75) is 0 Å². The van der Waals surface area contributed by atoms with E-state index in [-0.39, 0.29) is 24.8 Å². The molecule has 0 saturated heterocycles. The standard InChI is InChI=1S/C14H12N4O2.4ClH.Zn/c1-19-13-7-9(17-15)3-5-11(13)12-6-4-10(18-16)8-14(12)20-2;;;;;/h3-8H,1-2H3;4*1H;/q+2;;;;;+2/p-4. The second-order valence-electron chi connectivity index (χ2n) is 4.07. The Morgan fingerprint density at radius 1 is 0.800 bits per heavy atom. The van der Waals surface area contributed by atoms with Gasteiger partial charge in [-0.05, 0) is 12.1 Å². The quantitative estimate of drug-likeness (QED) is 0.453. The van der Waals surface area contributed by atoms with E-state index < -0.39 is 15.1 Å². The molecule has 0 atom stereocenters. The summed E-state index contributed by atoms with van der Waals surface area (Å²) in [7, 11) is 13.0. The maximum atomic E-state index is 8.79. The van der Waals surface area contributed by atoms with Crippen molar-refractivity contribution in [2.24, 2.45) is 0 Å². The Labute approximate surface area is 173 Å². The van der Waals surface area contributed by atoms with Crippen LogP contribution in [0.3, 0.4) is 0 Å². The molecule has 0 aliphatic carbocycles. The van der Waals surface area contributed by atoms with Crippen molar-refractivity contribution in [3.63, 3.8) is 0 Å². The van der Waals surface area contributed by atoms with E-state index in [4.69, 9.17) is 39.6 Å². The van der Waals surface area contributed by atoms with Gasteiger partial charge in [0.25, 0.3) is 0 Å². The van der Waals surface area contributed by atoms with Gasteiger partial charge in [-0.15, -0.1) is 0 Å². The van der Waals surface area contributed by atoms with Gasteiger partial charge in [-0.3, -0.25) is 0 Å². The molecule has 0 saturated carbocycles. The molecule has 0 fully saturated rings. The Hall–Kier alpha value is -1.34. The summed E-state index contributed by atoms with van der Waals surface area (Å²) in [5.74, 6) is 1.10. The third kappa shape index (κ3) is 7.20. The number of diazo groups is 2. The molecule has 0 aromatic heterocycles. The monoisotopic (exact) mass is 472 g/mol. The number of hydrogen-bond acceptors (Lipinski definition) is 4. The summed E-state index contributed by atoms with van der Waals surface area (Å²) in [6, 6.07) is 10.1. The second kappa shape index (κ2) is 13.9. The summed E-state index contributed by atoms with van der Waals surface area (Å²) in [6.45, 7) is 0. The van der Waals surface area contributed by atoms with Gasteiger partial charge in [0, 0.05) is 23.3 Å². The second-order valence-corrected chi connectivity index (χ2v) is 8.69. The topological polar surface area (TPSA) is 74.8 Å². The number of rotatable bonds is 3. The van der Waals surface area contributed by atoms with Crippen LogP contribution in [0.5, 0.6) is 11.5 Å². The van der Waals surface area contributed by atoms with E-state index in [1.165, 1.54) is 14.2 Å². The molecule has 0 aliphatic rings. The van der Waals surface area contributed by atoms with E-state index in [2.05, 4.69) is 9.95 Å². The van der Waals surface area contributed by atoms with E-state index in [9.17, 15) is 0 Å². The molecule has 2 rings (SSSR count). The molecular weight excluding hydrogens is 463 g/mol. The summed E-state index contributed by atoms with van der Waals surface area (Å²) in [6.07, 6.45) is 0. The fourth-order valence-electron chi connectivity index (χ4n) is 1.93. The van der Waals surface area contributed by atoms with Crippen molar-refractivity contribution in [1.82, 2.24) is 0 Å². The van der Waals surface area contributed by atoms with Gasteiger partial charge in [0.05, 0.1) is 26.4 Å². The minimum atomic E-state index is -0.931. The average molecular weight is 475 g/mol. The Bertz CT molecular complexity index is 702. The summed E-state index contributed by atoms with van der Waals surface area (Å²) in [5.41, 5.74) is 2.35. The first-order valence-electron chi connectivity index (χ1n) is 6.33. The molecule has 0 radical (unpaired) electrons. The van der Waals surface area contributed by atoms with Crippen molar-refractivity contribution in [2.75, 3.05) is 14.2 Å². The molecule has 130 valence electrons. The van der Waals surface area contributed by atoms with Crippen LogP contribution in [0.1, 0.15) is 0 Å². The summed E-state index contributed by atoms with van der Waals surface area (Å²) >= 11 is -0.931. The van der Waals surface area contributed by atoms with Gasteiger partial charge in [-0.25, -0.2) is 0 Å². The Kier molecular flexibility index (Phi) is 14.4. The van der Waals surface area contributed by atoms with Crippen LogP contribution >= 0.6 is 19.4 Å². The zero-order chi connectivity index (χ0) is 17.2. The van der Waals surface area contributed by atoms with Gasteiger partial charge in [-0.1, -0.05) is 0 Å². The summed E-state index contributed by atoms with van der Waals surface area (Å²) in [4.78, 5) is 6.25. The molecule has 0 aliphatic heterocycles. The molecule has 2 aromatic carbocycles. The average Bonchev–Trinajstić information content (AvgIpc) is 2.61. The number of benzene rings is 2. The van der Waals surface area contributed by atoms with Crippen LogP contribution in [0.25, 0.3) is 21.1 Å². The van der Waals surface area contributed by atoms with Crippen molar-refractivity contribution < 1.29 is 49.4 Å². The van der Waals surface area contributed by atoms with Crippen LogP contribution in [0.15, 0.2) is 36.4 Å². The molecule has 2 aromatic rings. The molecule has 0 heterocycles. The molecule has 0 spiro atoms. The molecular formula is C14H12Cl4N4O2Zn. The van der Waals surface area contributed by atoms with Crippen LogP contribution in [-0.2, 0) is 15.1 Å². The Morgan fingerprint density at radius 3 is 1.36 bits per heavy atom. The predicted molar refractivity (Wildman–Crippen MR) is 86.2 cm³/mol. The third-order valence-electron chi connectivity index (χ3n) is 2.89. The molecule has 25 heavy (non-hydrogen) atoms. The minimum absolute atomic E-state index is 0. The van der Waals surface area contributed by atoms with Gasteiger partial charge >= 0.3 is 45.9 Å². The molecule has 0 amide bonds. The van der Waals surface area contributed by atoms with Crippen LogP contribution < -0.4 is 34.3 Å². The number of methoxy groups -OCH3 is 2.